The number of rotatable bonds is 5. The summed E-state index contributed by atoms with van der Waals surface area (Å²) in [5.74, 6) is 0.321. The Morgan fingerprint density at radius 2 is 1.72 bits per heavy atom. The number of hydrogen-bond acceptors (Lipinski definition) is 3. The second kappa shape index (κ2) is 7.56. The molecular weight excluding hydrogens is 314 g/mol. The van der Waals surface area contributed by atoms with Crippen molar-refractivity contribution in [2.75, 3.05) is 38.0 Å². The molecule has 2 amide bonds. The second-order valence-electron chi connectivity index (χ2n) is 7.47. The molecule has 1 heterocycles. The van der Waals surface area contributed by atoms with Crippen molar-refractivity contribution in [3.63, 3.8) is 0 Å². The van der Waals surface area contributed by atoms with Crippen molar-refractivity contribution in [1.82, 2.24) is 9.80 Å². The van der Waals surface area contributed by atoms with Crippen LogP contribution < -0.4 is 5.32 Å². The Kier molecular flexibility index (Phi) is 5.42. The van der Waals surface area contributed by atoms with E-state index in [0.717, 1.165) is 38.4 Å². The summed E-state index contributed by atoms with van der Waals surface area (Å²) < 4.78 is 0. The van der Waals surface area contributed by atoms with Crippen molar-refractivity contribution in [3.05, 3.63) is 29.8 Å². The van der Waals surface area contributed by atoms with Crippen LogP contribution in [0.3, 0.4) is 0 Å². The Labute approximate surface area is 150 Å². The fourth-order valence-corrected chi connectivity index (χ4v) is 3.46. The number of amides is 2. The van der Waals surface area contributed by atoms with E-state index < -0.39 is 0 Å². The minimum Gasteiger partial charge on any atom is -0.340 e. The highest BCUT2D eigenvalue weighted by Gasteiger charge is 2.49. The fourth-order valence-electron chi connectivity index (χ4n) is 3.46. The molecule has 1 aliphatic carbocycles. The Hall–Kier alpha value is -1.88. The van der Waals surface area contributed by atoms with Crippen molar-refractivity contribution < 1.29 is 9.59 Å². The largest absolute Gasteiger partial charge is 0.340 e. The molecule has 3 rings (SSSR count). The molecule has 1 saturated carbocycles. The van der Waals surface area contributed by atoms with E-state index in [1.54, 1.807) is 0 Å². The number of anilines is 1. The van der Waals surface area contributed by atoms with E-state index in [9.17, 15) is 9.59 Å². The molecule has 25 heavy (non-hydrogen) atoms. The first-order valence-electron chi connectivity index (χ1n) is 9.41. The first-order chi connectivity index (χ1) is 12.0. The SMILES string of the molecule is CCN1CCN(C(=O)C2CC2C(=O)Nc2ccc(C(C)C)cc2)CC1. The maximum absolute atomic E-state index is 12.6. The van der Waals surface area contributed by atoms with Crippen LogP contribution in [0.1, 0.15) is 38.7 Å². The molecular formula is C20H29N3O2. The predicted octanol–water partition coefficient (Wildman–Crippen LogP) is 2.55. The Morgan fingerprint density at radius 1 is 1.08 bits per heavy atom. The lowest BCUT2D eigenvalue weighted by atomic mass is 10.0. The second-order valence-corrected chi connectivity index (χ2v) is 7.47. The zero-order chi connectivity index (χ0) is 18.0. The van der Waals surface area contributed by atoms with Crippen molar-refractivity contribution >= 4 is 17.5 Å². The zero-order valence-corrected chi connectivity index (χ0v) is 15.5. The summed E-state index contributed by atoms with van der Waals surface area (Å²) in [6.07, 6.45) is 0.683. The molecule has 2 unspecified atom stereocenters. The normalized spacial score (nSPS) is 23.6. The number of piperazine rings is 1. The van der Waals surface area contributed by atoms with Gasteiger partial charge in [0.1, 0.15) is 0 Å². The number of nitrogens with one attached hydrogen (secondary N) is 1. The summed E-state index contributed by atoms with van der Waals surface area (Å²) in [6, 6.07) is 7.97. The summed E-state index contributed by atoms with van der Waals surface area (Å²) in [5.41, 5.74) is 2.06. The molecule has 0 spiro atoms. The van der Waals surface area contributed by atoms with E-state index in [0.29, 0.717) is 12.3 Å². The van der Waals surface area contributed by atoms with Gasteiger partial charge in [0.15, 0.2) is 0 Å². The summed E-state index contributed by atoms with van der Waals surface area (Å²) in [6.45, 7) is 10.9. The van der Waals surface area contributed by atoms with E-state index in [1.165, 1.54) is 5.56 Å². The third-order valence-corrected chi connectivity index (χ3v) is 5.42. The van der Waals surface area contributed by atoms with Crippen LogP contribution in [0.5, 0.6) is 0 Å². The molecule has 1 aromatic rings. The summed E-state index contributed by atoms with van der Waals surface area (Å²) in [7, 11) is 0. The van der Waals surface area contributed by atoms with Gasteiger partial charge in [0.05, 0.1) is 11.8 Å². The van der Waals surface area contributed by atoms with Crippen molar-refractivity contribution in [3.8, 4) is 0 Å². The lowest BCUT2D eigenvalue weighted by Crippen LogP contribution is -2.49. The van der Waals surface area contributed by atoms with E-state index in [1.807, 2.05) is 29.2 Å². The number of hydrogen-bond donors (Lipinski definition) is 1. The Morgan fingerprint density at radius 3 is 2.28 bits per heavy atom. The van der Waals surface area contributed by atoms with Gasteiger partial charge in [-0.05, 0) is 36.6 Å². The van der Waals surface area contributed by atoms with Gasteiger partial charge in [-0.25, -0.2) is 0 Å². The van der Waals surface area contributed by atoms with Gasteiger partial charge in [-0.1, -0.05) is 32.9 Å². The van der Waals surface area contributed by atoms with Crippen LogP contribution in [0.2, 0.25) is 0 Å². The van der Waals surface area contributed by atoms with Crippen LogP contribution in [-0.2, 0) is 9.59 Å². The number of carbonyl (C=O) groups is 2. The van der Waals surface area contributed by atoms with Crippen LogP contribution >= 0.6 is 0 Å². The van der Waals surface area contributed by atoms with Crippen LogP contribution in [0.4, 0.5) is 5.69 Å². The molecule has 1 aromatic carbocycles. The van der Waals surface area contributed by atoms with Gasteiger partial charge >= 0.3 is 0 Å². The molecule has 136 valence electrons. The number of carbonyl (C=O) groups excluding carboxylic acids is 2. The molecule has 1 N–H and O–H groups in total. The first-order valence-corrected chi connectivity index (χ1v) is 9.41. The van der Waals surface area contributed by atoms with Crippen LogP contribution in [0, 0.1) is 11.8 Å². The third kappa shape index (κ3) is 4.21. The van der Waals surface area contributed by atoms with Crippen molar-refractivity contribution in [1.29, 1.82) is 0 Å². The standard InChI is InChI=1S/C20H29N3O2/c1-4-22-9-11-23(12-10-22)20(25)18-13-17(18)19(24)21-16-7-5-15(6-8-16)14(2)3/h5-8,14,17-18H,4,9-13H2,1-3H3,(H,21,24). The maximum atomic E-state index is 12.6. The molecule has 0 bridgehead atoms. The Balaban J connectivity index is 1.49. The summed E-state index contributed by atoms with van der Waals surface area (Å²) in [5, 5.41) is 2.96. The first kappa shape index (κ1) is 17.9. The van der Waals surface area contributed by atoms with Crippen LogP contribution in [0.25, 0.3) is 0 Å². The lowest BCUT2D eigenvalue weighted by molar-refractivity contribution is -0.135. The van der Waals surface area contributed by atoms with Crippen molar-refractivity contribution in [2.45, 2.75) is 33.1 Å². The molecule has 0 radical (unpaired) electrons. The zero-order valence-electron chi connectivity index (χ0n) is 15.5. The van der Waals surface area contributed by atoms with Crippen LogP contribution in [-0.4, -0.2) is 54.3 Å². The molecule has 1 aliphatic heterocycles. The van der Waals surface area contributed by atoms with Gasteiger partial charge < -0.3 is 15.1 Å². The average molecular weight is 343 g/mol. The highest BCUT2D eigenvalue weighted by molar-refractivity contribution is 5.99. The minimum atomic E-state index is -0.165. The van der Waals surface area contributed by atoms with Crippen molar-refractivity contribution in [2.24, 2.45) is 11.8 Å². The van der Waals surface area contributed by atoms with E-state index in [4.69, 9.17) is 0 Å². The van der Waals surface area contributed by atoms with Gasteiger partial charge in [-0.3, -0.25) is 9.59 Å². The van der Waals surface area contributed by atoms with E-state index in [-0.39, 0.29) is 23.7 Å². The highest BCUT2D eigenvalue weighted by Crippen LogP contribution is 2.41. The lowest BCUT2D eigenvalue weighted by Gasteiger charge is -2.34. The monoisotopic (exact) mass is 343 g/mol. The average Bonchev–Trinajstić information content (AvgIpc) is 3.42. The number of nitrogens with zero attached hydrogens (tertiary/aromatic N) is 2. The molecule has 0 aromatic heterocycles. The molecule has 2 aliphatic rings. The van der Waals surface area contributed by atoms with Crippen LogP contribution in [0.15, 0.2) is 24.3 Å². The van der Waals surface area contributed by atoms with Gasteiger partial charge in [-0.15, -0.1) is 0 Å². The third-order valence-electron chi connectivity index (χ3n) is 5.42. The van der Waals surface area contributed by atoms with Gasteiger partial charge in [0.2, 0.25) is 11.8 Å². The molecule has 2 fully saturated rings. The summed E-state index contributed by atoms with van der Waals surface area (Å²) >= 11 is 0. The molecule has 1 saturated heterocycles. The van der Waals surface area contributed by atoms with Gasteiger partial charge in [0, 0.05) is 31.9 Å². The molecule has 2 atom stereocenters. The number of likely N-dealkylation sites (N-methyl/N-ethyl adjacent to an activating group) is 1. The Bertz CT molecular complexity index is 618. The van der Waals surface area contributed by atoms with E-state index >= 15 is 0 Å². The molecule has 5 heteroatoms. The van der Waals surface area contributed by atoms with Gasteiger partial charge in [-0.2, -0.15) is 0 Å². The predicted molar refractivity (Wildman–Crippen MR) is 99.5 cm³/mol. The summed E-state index contributed by atoms with van der Waals surface area (Å²) in [4.78, 5) is 29.3. The quantitative estimate of drug-likeness (QED) is 0.894. The van der Waals surface area contributed by atoms with Gasteiger partial charge in [0.25, 0.3) is 0 Å². The number of benzene rings is 1. The topological polar surface area (TPSA) is 52.7 Å². The highest BCUT2D eigenvalue weighted by atomic mass is 16.2. The smallest absolute Gasteiger partial charge is 0.228 e. The minimum absolute atomic E-state index is 0.0251. The van der Waals surface area contributed by atoms with E-state index in [2.05, 4.69) is 31.0 Å². The molecule has 5 nitrogen and oxygen atoms in total. The maximum Gasteiger partial charge on any atom is 0.228 e. The fraction of sp³-hybridized carbons (Fsp3) is 0.600.